The van der Waals surface area contributed by atoms with Gasteiger partial charge in [0, 0.05) is 23.7 Å². The van der Waals surface area contributed by atoms with Gasteiger partial charge in [-0.05, 0) is 49.8 Å². The number of benzene rings is 2. The van der Waals surface area contributed by atoms with Gasteiger partial charge in [-0.25, -0.2) is 4.98 Å². The second-order valence-corrected chi connectivity index (χ2v) is 7.68. The van der Waals surface area contributed by atoms with Gasteiger partial charge in [-0.2, -0.15) is 0 Å². The highest BCUT2D eigenvalue weighted by Crippen LogP contribution is 2.34. The summed E-state index contributed by atoms with van der Waals surface area (Å²) in [6, 6.07) is 10.9. The number of carbonyl (C=O) groups is 1. The molecule has 0 atom stereocenters. The van der Waals surface area contributed by atoms with Crippen LogP contribution in [0.2, 0.25) is 0 Å². The van der Waals surface area contributed by atoms with Crippen molar-refractivity contribution in [2.75, 3.05) is 39.7 Å². The Balaban J connectivity index is 2.06. The first-order chi connectivity index (χ1) is 15.4. The number of carbonyl (C=O) groups excluding carboxylic acids is 1. The molecule has 1 amide bonds. The number of nitrogens with two attached hydrogens (primary N) is 1. The van der Waals surface area contributed by atoms with E-state index in [4.69, 9.17) is 15.2 Å². The van der Waals surface area contributed by atoms with E-state index in [0.29, 0.717) is 41.2 Å². The molecule has 8 heteroatoms. The number of nitrogens with one attached hydrogen (secondary N) is 1. The van der Waals surface area contributed by atoms with E-state index in [2.05, 4.69) is 10.3 Å². The zero-order valence-corrected chi connectivity index (χ0v) is 18.9. The number of hydrogen-bond donors (Lipinski definition) is 3. The summed E-state index contributed by atoms with van der Waals surface area (Å²) in [5, 5.41) is 13.6. The van der Waals surface area contributed by atoms with E-state index in [1.807, 2.05) is 44.1 Å². The average molecular weight is 439 g/mol. The van der Waals surface area contributed by atoms with Crippen LogP contribution in [-0.2, 0) is 13.0 Å². The summed E-state index contributed by atoms with van der Waals surface area (Å²) in [6.45, 7) is 3.18. The predicted molar refractivity (Wildman–Crippen MR) is 126 cm³/mol. The van der Waals surface area contributed by atoms with Gasteiger partial charge in [0.2, 0.25) is 0 Å². The number of anilines is 2. The summed E-state index contributed by atoms with van der Waals surface area (Å²) in [4.78, 5) is 18.9. The lowest BCUT2D eigenvalue weighted by atomic mass is 10.0. The molecule has 0 aliphatic carbocycles. The Morgan fingerprint density at radius 2 is 2.00 bits per heavy atom. The van der Waals surface area contributed by atoms with Crippen molar-refractivity contribution in [3.63, 3.8) is 0 Å². The van der Waals surface area contributed by atoms with Crippen molar-refractivity contribution < 1.29 is 19.4 Å². The molecule has 0 saturated heterocycles. The first kappa shape index (κ1) is 23.3. The average Bonchev–Trinajstić information content (AvgIpc) is 2.77. The molecule has 0 spiro atoms. The summed E-state index contributed by atoms with van der Waals surface area (Å²) in [5.74, 6) is 0.879. The fourth-order valence-electron chi connectivity index (χ4n) is 3.52. The molecular formula is C24H30N4O4. The number of aliphatic hydroxyl groups excluding tert-OH is 1. The van der Waals surface area contributed by atoms with Crippen molar-refractivity contribution in [3.05, 3.63) is 53.1 Å². The molecule has 0 radical (unpaired) electrons. The van der Waals surface area contributed by atoms with Crippen LogP contribution in [0.3, 0.4) is 0 Å². The Bertz CT molecular complexity index is 1110. The van der Waals surface area contributed by atoms with E-state index in [9.17, 15) is 9.90 Å². The lowest BCUT2D eigenvalue weighted by molar-refractivity contribution is 0.100. The lowest BCUT2D eigenvalue weighted by Crippen LogP contribution is -2.19. The number of rotatable bonds is 10. The molecule has 0 aliphatic rings. The van der Waals surface area contributed by atoms with Crippen molar-refractivity contribution in [2.24, 2.45) is 5.73 Å². The minimum Gasteiger partial charge on any atom is -0.493 e. The highest BCUT2D eigenvalue weighted by atomic mass is 16.5. The van der Waals surface area contributed by atoms with Gasteiger partial charge < -0.3 is 30.5 Å². The first-order valence-electron chi connectivity index (χ1n) is 10.5. The first-order valence-corrected chi connectivity index (χ1v) is 10.5. The van der Waals surface area contributed by atoms with Crippen LogP contribution in [-0.4, -0.2) is 55.3 Å². The SMILES string of the molecule is CCc1c(CO)cccc1Nc1nc2cc(OC)c(OCCN(C)C)cc2cc1C(N)=O. The fraction of sp³-hybridized carbons (Fsp3) is 0.333. The van der Waals surface area contributed by atoms with Crippen molar-refractivity contribution in [3.8, 4) is 11.5 Å². The van der Waals surface area contributed by atoms with E-state index in [1.165, 1.54) is 0 Å². The minimum atomic E-state index is -0.593. The molecule has 32 heavy (non-hydrogen) atoms. The summed E-state index contributed by atoms with van der Waals surface area (Å²) >= 11 is 0. The molecule has 0 unspecified atom stereocenters. The number of nitrogens with zero attached hydrogens (tertiary/aromatic N) is 2. The van der Waals surface area contributed by atoms with E-state index >= 15 is 0 Å². The molecule has 1 aromatic heterocycles. The van der Waals surface area contributed by atoms with Gasteiger partial charge in [0.05, 0.1) is 24.8 Å². The summed E-state index contributed by atoms with van der Waals surface area (Å²) in [7, 11) is 5.52. The number of primary amides is 1. The number of likely N-dealkylation sites (N-methyl/N-ethyl adjacent to an activating group) is 1. The van der Waals surface area contributed by atoms with Crippen molar-refractivity contribution in [2.45, 2.75) is 20.0 Å². The Labute approximate surface area is 188 Å². The number of aliphatic hydroxyl groups is 1. The standard InChI is InChI=1S/C24H30N4O4/c1-5-17-15(14-29)7-6-8-19(17)26-24-18(23(25)30)11-16-12-22(32-10-9-28(2)3)21(31-4)13-20(16)27-24/h6-8,11-13,29H,5,9-10,14H2,1-4H3,(H2,25,30)(H,26,27). The minimum absolute atomic E-state index is 0.0691. The summed E-state index contributed by atoms with van der Waals surface area (Å²) in [5.41, 5.74) is 9.11. The number of amides is 1. The third-order valence-corrected chi connectivity index (χ3v) is 5.21. The van der Waals surface area contributed by atoms with Gasteiger partial charge in [-0.15, -0.1) is 0 Å². The lowest BCUT2D eigenvalue weighted by Gasteiger charge is -2.17. The maximum atomic E-state index is 12.2. The van der Waals surface area contributed by atoms with Crippen LogP contribution in [0.4, 0.5) is 11.5 Å². The Morgan fingerprint density at radius 3 is 2.62 bits per heavy atom. The maximum absolute atomic E-state index is 12.2. The molecule has 2 aromatic carbocycles. The smallest absolute Gasteiger partial charge is 0.252 e. The largest absolute Gasteiger partial charge is 0.493 e. The number of ether oxygens (including phenoxy) is 2. The van der Waals surface area contributed by atoms with Crippen LogP contribution in [0.25, 0.3) is 10.9 Å². The number of aromatic nitrogens is 1. The van der Waals surface area contributed by atoms with Gasteiger partial charge in [0.25, 0.3) is 5.91 Å². The maximum Gasteiger partial charge on any atom is 0.252 e. The molecule has 0 saturated carbocycles. The van der Waals surface area contributed by atoms with Crippen LogP contribution in [0.15, 0.2) is 36.4 Å². The quantitative estimate of drug-likeness (QED) is 0.446. The van der Waals surface area contributed by atoms with Gasteiger partial charge >= 0.3 is 0 Å². The van der Waals surface area contributed by atoms with Crippen molar-refractivity contribution in [1.29, 1.82) is 0 Å². The third kappa shape index (κ3) is 5.09. The topological polar surface area (TPSA) is 110 Å². The van der Waals surface area contributed by atoms with E-state index < -0.39 is 5.91 Å². The molecule has 4 N–H and O–H groups in total. The van der Waals surface area contributed by atoms with Gasteiger partial charge in [0.1, 0.15) is 12.4 Å². The second-order valence-electron chi connectivity index (χ2n) is 7.68. The highest BCUT2D eigenvalue weighted by molar-refractivity contribution is 6.02. The fourth-order valence-corrected chi connectivity index (χ4v) is 3.52. The number of hydrogen-bond acceptors (Lipinski definition) is 7. The van der Waals surface area contributed by atoms with E-state index in [0.717, 1.165) is 23.4 Å². The molecule has 3 aromatic rings. The normalized spacial score (nSPS) is 11.1. The van der Waals surface area contributed by atoms with Crippen molar-refractivity contribution >= 4 is 28.3 Å². The molecule has 3 rings (SSSR count). The molecule has 8 nitrogen and oxygen atoms in total. The predicted octanol–water partition coefficient (Wildman–Crippen LogP) is 3.08. The van der Waals surface area contributed by atoms with Crippen molar-refractivity contribution in [1.82, 2.24) is 9.88 Å². The monoisotopic (exact) mass is 438 g/mol. The molecule has 0 fully saturated rings. The van der Waals surface area contributed by atoms with E-state index in [1.54, 1.807) is 25.3 Å². The molecule has 1 heterocycles. The third-order valence-electron chi connectivity index (χ3n) is 5.21. The molecule has 0 aliphatic heterocycles. The zero-order valence-electron chi connectivity index (χ0n) is 18.9. The molecule has 0 bridgehead atoms. The van der Waals surface area contributed by atoms with E-state index in [-0.39, 0.29) is 12.2 Å². The van der Waals surface area contributed by atoms with Gasteiger partial charge in [0.15, 0.2) is 11.5 Å². The summed E-state index contributed by atoms with van der Waals surface area (Å²) in [6.07, 6.45) is 0.708. The summed E-state index contributed by atoms with van der Waals surface area (Å²) < 4.78 is 11.4. The Morgan fingerprint density at radius 1 is 1.22 bits per heavy atom. The zero-order chi connectivity index (χ0) is 23.3. The number of fused-ring (bicyclic) bond motifs is 1. The van der Waals surface area contributed by atoms with Gasteiger partial charge in [-0.3, -0.25) is 4.79 Å². The molecular weight excluding hydrogens is 408 g/mol. The molecule has 170 valence electrons. The second kappa shape index (κ2) is 10.3. The van der Waals surface area contributed by atoms with Crippen LogP contribution in [0.5, 0.6) is 11.5 Å². The van der Waals surface area contributed by atoms with Crippen LogP contribution >= 0.6 is 0 Å². The number of methoxy groups -OCH3 is 1. The Kier molecular flexibility index (Phi) is 7.50. The van der Waals surface area contributed by atoms with Crippen LogP contribution < -0.4 is 20.5 Å². The highest BCUT2D eigenvalue weighted by Gasteiger charge is 2.17. The van der Waals surface area contributed by atoms with Crippen LogP contribution in [0.1, 0.15) is 28.4 Å². The number of pyridine rings is 1. The Hall–Kier alpha value is -3.36. The van der Waals surface area contributed by atoms with Gasteiger partial charge in [-0.1, -0.05) is 19.1 Å². The van der Waals surface area contributed by atoms with Crippen LogP contribution in [0, 0.1) is 0 Å².